The smallest absolute Gasteiger partial charge is 0.120 e. The molecule has 3 heteroatoms. The van der Waals surface area contributed by atoms with Gasteiger partial charge in [0.15, 0.2) is 0 Å². The zero-order chi connectivity index (χ0) is 14.7. The summed E-state index contributed by atoms with van der Waals surface area (Å²) in [6, 6.07) is 15.1. The van der Waals surface area contributed by atoms with Crippen LogP contribution in [-0.4, -0.2) is 37.7 Å². The van der Waals surface area contributed by atoms with E-state index >= 15 is 0 Å². The number of nitrogens with zero attached hydrogens (tertiary/aromatic N) is 1. The van der Waals surface area contributed by atoms with Gasteiger partial charge in [0.2, 0.25) is 0 Å². The summed E-state index contributed by atoms with van der Waals surface area (Å²) in [5, 5.41) is 2.47. The van der Waals surface area contributed by atoms with Crippen molar-refractivity contribution in [2.75, 3.05) is 26.7 Å². The second-order valence-electron chi connectivity index (χ2n) is 5.98. The van der Waals surface area contributed by atoms with E-state index in [9.17, 15) is 0 Å². The van der Waals surface area contributed by atoms with Crippen LogP contribution in [0.4, 0.5) is 0 Å². The van der Waals surface area contributed by atoms with Crippen molar-refractivity contribution in [3.05, 3.63) is 42.5 Å². The first-order valence-electron chi connectivity index (χ1n) is 7.80. The maximum atomic E-state index is 5.90. The minimum Gasteiger partial charge on any atom is -0.492 e. The first-order valence-corrected chi connectivity index (χ1v) is 7.80. The van der Waals surface area contributed by atoms with Gasteiger partial charge in [-0.2, -0.15) is 0 Å². The lowest BCUT2D eigenvalue weighted by Gasteiger charge is -2.26. The van der Waals surface area contributed by atoms with E-state index in [-0.39, 0.29) is 0 Å². The Morgan fingerprint density at radius 3 is 2.67 bits per heavy atom. The van der Waals surface area contributed by atoms with Crippen LogP contribution in [0.1, 0.15) is 12.8 Å². The number of hydrogen-bond acceptors (Lipinski definition) is 3. The second kappa shape index (κ2) is 6.46. The first-order chi connectivity index (χ1) is 10.3. The Hall–Kier alpha value is -1.58. The standard InChI is InChI=1S/C18H24N2O/c1-20(18(13-19)15-6-7-15)10-11-21-17-9-8-14-4-2-3-5-16(14)12-17/h2-5,8-9,12,15,18H,6-7,10-11,13,19H2,1H3. The summed E-state index contributed by atoms with van der Waals surface area (Å²) < 4.78 is 5.90. The highest BCUT2D eigenvalue weighted by Crippen LogP contribution is 2.34. The summed E-state index contributed by atoms with van der Waals surface area (Å²) >= 11 is 0. The molecular weight excluding hydrogens is 260 g/mol. The number of benzene rings is 2. The van der Waals surface area contributed by atoms with Gasteiger partial charge < -0.3 is 10.5 Å². The van der Waals surface area contributed by atoms with Gasteiger partial charge in [-0.05, 0) is 48.7 Å². The number of fused-ring (bicyclic) bond motifs is 1. The highest BCUT2D eigenvalue weighted by Gasteiger charge is 2.32. The molecule has 0 radical (unpaired) electrons. The summed E-state index contributed by atoms with van der Waals surface area (Å²) in [5.41, 5.74) is 5.88. The molecule has 0 spiro atoms. The minimum atomic E-state index is 0.519. The minimum absolute atomic E-state index is 0.519. The van der Waals surface area contributed by atoms with Crippen LogP contribution < -0.4 is 10.5 Å². The zero-order valence-corrected chi connectivity index (χ0v) is 12.7. The van der Waals surface area contributed by atoms with Crippen molar-refractivity contribution in [1.29, 1.82) is 0 Å². The molecule has 0 bridgehead atoms. The second-order valence-corrected chi connectivity index (χ2v) is 5.98. The van der Waals surface area contributed by atoms with Gasteiger partial charge in [0.05, 0.1) is 0 Å². The maximum absolute atomic E-state index is 5.90. The van der Waals surface area contributed by atoms with E-state index in [0.29, 0.717) is 12.6 Å². The molecule has 0 heterocycles. The third-order valence-corrected chi connectivity index (χ3v) is 4.41. The van der Waals surface area contributed by atoms with E-state index in [1.807, 2.05) is 6.07 Å². The molecule has 3 nitrogen and oxygen atoms in total. The third kappa shape index (κ3) is 3.55. The molecule has 112 valence electrons. The molecule has 2 aromatic carbocycles. The van der Waals surface area contributed by atoms with Gasteiger partial charge in [-0.25, -0.2) is 0 Å². The van der Waals surface area contributed by atoms with Crippen LogP contribution >= 0.6 is 0 Å². The third-order valence-electron chi connectivity index (χ3n) is 4.41. The average molecular weight is 284 g/mol. The number of hydrogen-bond donors (Lipinski definition) is 1. The van der Waals surface area contributed by atoms with Crippen molar-refractivity contribution in [1.82, 2.24) is 4.90 Å². The maximum Gasteiger partial charge on any atom is 0.120 e. The highest BCUT2D eigenvalue weighted by molar-refractivity contribution is 5.83. The van der Waals surface area contributed by atoms with Crippen LogP contribution in [0.3, 0.4) is 0 Å². The molecule has 2 N–H and O–H groups in total. The van der Waals surface area contributed by atoms with Gasteiger partial charge in [0, 0.05) is 19.1 Å². The quantitative estimate of drug-likeness (QED) is 0.849. The Morgan fingerprint density at radius 1 is 1.19 bits per heavy atom. The first kappa shape index (κ1) is 14.4. The van der Waals surface area contributed by atoms with E-state index in [1.54, 1.807) is 0 Å². The van der Waals surface area contributed by atoms with Gasteiger partial charge in [-0.3, -0.25) is 4.90 Å². The topological polar surface area (TPSA) is 38.5 Å². The summed E-state index contributed by atoms with van der Waals surface area (Å²) in [6.45, 7) is 2.38. The molecule has 0 amide bonds. The lowest BCUT2D eigenvalue weighted by Crippen LogP contribution is -2.41. The molecule has 21 heavy (non-hydrogen) atoms. The van der Waals surface area contributed by atoms with Crippen LogP contribution in [0.25, 0.3) is 10.8 Å². The Morgan fingerprint density at radius 2 is 1.95 bits per heavy atom. The van der Waals surface area contributed by atoms with Gasteiger partial charge in [0.25, 0.3) is 0 Å². The van der Waals surface area contributed by atoms with E-state index in [1.165, 1.54) is 23.6 Å². The van der Waals surface area contributed by atoms with Gasteiger partial charge >= 0.3 is 0 Å². The van der Waals surface area contributed by atoms with E-state index in [0.717, 1.165) is 24.8 Å². The Kier molecular flexibility index (Phi) is 4.42. The predicted molar refractivity (Wildman–Crippen MR) is 87.6 cm³/mol. The molecule has 1 aliphatic carbocycles. The molecule has 1 atom stereocenters. The van der Waals surface area contributed by atoms with Crippen LogP contribution in [0.2, 0.25) is 0 Å². The van der Waals surface area contributed by atoms with Crippen molar-refractivity contribution >= 4 is 10.8 Å². The molecule has 0 aliphatic heterocycles. The molecule has 0 saturated heterocycles. The number of rotatable bonds is 7. The van der Waals surface area contributed by atoms with Crippen LogP contribution in [0, 0.1) is 5.92 Å². The number of ether oxygens (including phenoxy) is 1. The molecule has 3 rings (SSSR count). The molecule has 2 aromatic rings. The summed E-state index contributed by atoms with van der Waals surface area (Å²) in [5.74, 6) is 1.75. The largest absolute Gasteiger partial charge is 0.492 e. The van der Waals surface area contributed by atoms with Gasteiger partial charge in [-0.15, -0.1) is 0 Å². The highest BCUT2D eigenvalue weighted by atomic mass is 16.5. The molecule has 1 aliphatic rings. The summed E-state index contributed by atoms with van der Waals surface area (Å²) in [4.78, 5) is 2.35. The molecule has 1 saturated carbocycles. The van der Waals surface area contributed by atoms with E-state index < -0.39 is 0 Å². The SMILES string of the molecule is CN(CCOc1ccc2ccccc2c1)C(CN)C1CC1. The van der Waals surface area contributed by atoms with Crippen LogP contribution in [-0.2, 0) is 0 Å². The lowest BCUT2D eigenvalue weighted by atomic mass is 10.1. The van der Waals surface area contributed by atoms with Crippen molar-refractivity contribution in [2.45, 2.75) is 18.9 Å². The average Bonchev–Trinajstić information content (AvgIpc) is 3.33. The molecular formula is C18H24N2O. The Labute approximate surface area is 126 Å². The van der Waals surface area contributed by atoms with Crippen molar-refractivity contribution in [2.24, 2.45) is 11.7 Å². The molecule has 0 aromatic heterocycles. The van der Waals surface area contributed by atoms with Crippen molar-refractivity contribution < 1.29 is 4.74 Å². The van der Waals surface area contributed by atoms with Crippen LogP contribution in [0.15, 0.2) is 42.5 Å². The van der Waals surface area contributed by atoms with Gasteiger partial charge in [-0.1, -0.05) is 30.3 Å². The van der Waals surface area contributed by atoms with E-state index in [4.69, 9.17) is 10.5 Å². The normalized spacial score (nSPS) is 16.3. The Balaban J connectivity index is 1.54. The van der Waals surface area contributed by atoms with E-state index in [2.05, 4.69) is 48.3 Å². The van der Waals surface area contributed by atoms with Crippen LogP contribution in [0.5, 0.6) is 5.75 Å². The van der Waals surface area contributed by atoms with Crippen molar-refractivity contribution in [3.8, 4) is 5.75 Å². The number of nitrogens with two attached hydrogens (primary N) is 1. The van der Waals surface area contributed by atoms with Gasteiger partial charge in [0.1, 0.15) is 12.4 Å². The molecule has 1 unspecified atom stereocenters. The fourth-order valence-electron chi connectivity index (χ4n) is 2.94. The van der Waals surface area contributed by atoms with Crippen molar-refractivity contribution in [3.63, 3.8) is 0 Å². The summed E-state index contributed by atoms with van der Waals surface area (Å²) in [6.07, 6.45) is 2.66. The Bertz CT molecular complexity index is 595. The zero-order valence-electron chi connectivity index (χ0n) is 12.7. The fraction of sp³-hybridized carbons (Fsp3) is 0.444. The predicted octanol–water partition coefficient (Wildman–Crippen LogP) is 2.89. The molecule has 1 fully saturated rings. The summed E-state index contributed by atoms with van der Waals surface area (Å²) in [7, 11) is 2.15. The monoisotopic (exact) mass is 284 g/mol. The lowest BCUT2D eigenvalue weighted by molar-refractivity contribution is 0.180. The fourth-order valence-corrected chi connectivity index (χ4v) is 2.94. The number of likely N-dealkylation sites (N-methyl/N-ethyl adjacent to an activating group) is 1.